The van der Waals surface area contributed by atoms with Crippen LogP contribution in [-0.4, -0.2) is 14.5 Å². The number of nitrogens with zero attached hydrogens (tertiary/aromatic N) is 2. The van der Waals surface area contributed by atoms with Gasteiger partial charge in [0, 0.05) is 35.5 Å². The van der Waals surface area contributed by atoms with Crippen molar-refractivity contribution >= 4 is 35.1 Å². The van der Waals surface area contributed by atoms with E-state index in [2.05, 4.69) is 12.6 Å². The predicted molar refractivity (Wildman–Crippen MR) is 88.8 cm³/mol. The minimum atomic E-state index is -2.48. The number of ether oxygens (including phenoxy) is 1. The van der Waals surface area contributed by atoms with E-state index >= 15 is 0 Å². The van der Waals surface area contributed by atoms with Crippen LogP contribution in [0, 0.1) is 11.3 Å². The second-order valence-electron chi connectivity index (χ2n) is 4.19. The third kappa shape index (κ3) is 4.20. The van der Waals surface area contributed by atoms with Crippen LogP contribution >= 0.6 is 35.1 Å². The van der Waals surface area contributed by atoms with E-state index in [9.17, 15) is 9.65 Å². The Morgan fingerprint density at radius 1 is 1.36 bits per heavy atom. The second kappa shape index (κ2) is 7.10. The maximum Gasteiger partial charge on any atom is 0.323 e. The zero-order valence-electron chi connectivity index (χ0n) is 11.3. The highest BCUT2D eigenvalue weighted by atomic mass is 35.5. The SMILES string of the molecule is C=CCOc1ccccc1-c1cn(SC(F)(Cl)Cl)cc1C#N. The standard InChI is InChI=1S/C15H11Cl2FN2OS/c1-2-7-21-14-6-4-3-5-12(14)13-10-20(9-11(13)8-19)22-15(16,17)18/h2-6,9-10H,1,7H2. The molecule has 114 valence electrons. The predicted octanol–water partition coefficient (Wildman–Crippen LogP) is 5.15. The molecule has 0 aliphatic rings. The van der Waals surface area contributed by atoms with Crippen LogP contribution in [0.4, 0.5) is 4.39 Å². The van der Waals surface area contributed by atoms with Crippen LogP contribution in [0.5, 0.6) is 5.75 Å². The Bertz CT molecular complexity index is 719. The Balaban J connectivity index is 2.44. The number of rotatable bonds is 6. The molecule has 1 aromatic heterocycles. The molecule has 0 atom stereocenters. The lowest BCUT2D eigenvalue weighted by Gasteiger charge is -2.10. The summed E-state index contributed by atoms with van der Waals surface area (Å²) in [7, 11) is 0. The lowest BCUT2D eigenvalue weighted by molar-refractivity contribution is 0.365. The molecule has 0 unspecified atom stereocenters. The van der Waals surface area contributed by atoms with Gasteiger partial charge in [0.2, 0.25) is 0 Å². The topological polar surface area (TPSA) is 38.0 Å². The highest BCUT2D eigenvalue weighted by Crippen LogP contribution is 2.40. The molecule has 0 spiro atoms. The molecule has 2 rings (SSSR count). The minimum absolute atomic E-state index is 0.339. The van der Waals surface area contributed by atoms with Gasteiger partial charge in [-0.1, -0.05) is 54.1 Å². The number of para-hydroxylation sites is 1. The van der Waals surface area contributed by atoms with Crippen molar-refractivity contribution in [3.8, 4) is 22.9 Å². The summed E-state index contributed by atoms with van der Waals surface area (Å²) in [4.78, 5) is 0. The number of halogens is 3. The summed E-state index contributed by atoms with van der Waals surface area (Å²) in [6.45, 7) is 3.94. The Hall–Kier alpha value is -1.61. The maximum atomic E-state index is 13.3. The van der Waals surface area contributed by atoms with Crippen molar-refractivity contribution < 1.29 is 9.13 Å². The molecule has 22 heavy (non-hydrogen) atoms. The fourth-order valence-corrected chi connectivity index (χ4v) is 2.90. The number of alkyl halides is 3. The van der Waals surface area contributed by atoms with Crippen LogP contribution in [0.15, 0.2) is 49.3 Å². The number of hydrogen-bond acceptors (Lipinski definition) is 3. The number of aromatic nitrogens is 1. The quantitative estimate of drug-likeness (QED) is 0.530. The summed E-state index contributed by atoms with van der Waals surface area (Å²) in [5, 5.41) is 9.27. The van der Waals surface area contributed by atoms with Gasteiger partial charge in [-0.25, -0.2) is 0 Å². The average Bonchev–Trinajstić information content (AvgIpc) is 2.86. The zero-order chi connectivity index (χ0) is 16.2. The van der Waals surface area contributed by atoms with Crippen LogP contribution in [-0.2, 0) is 0 Å². The van der Waals surface area contributed by atoms with Crippen molar-refractivity contribution in [2.45, 2.75) is 3.92 Å². The van der Waals surface area contributed by atoms with E-state index in [1.54, 1.807) is 18.3 Å². The first-order valence-corrected chi connectivity index (χ1v) is 7.69. The van der Waals surface area contributed by atoms with E-state index in [0.29, 0.717) is 41.0 Å². The summed E-state index contributed by atoms with van der Waals surface area (Å²) in [5.74, 6) is 0.602. The Kier molecular flexibility index (Phi) is 5.41. The Morgan fingerprint density at radius 2 is 2.09 bits per heavy atom. The molecule has 0 N–H and O–H groups in total. The molecule has 0 saturated carbocycles. The second-order valence-corrected chi connectivity index (χ2v) is 7.04. The summed E-state index contributed by atoms with van der Waals surface area (Å²) < 4.78 is 17.8. The number of hydrogen-bond donors (Lipinski definition) is 0. The van der Waals surface area contributed by atoms with Crippen LogP contribution in [0.2, 0.25) is 0 Å². The first-order valence-electron chi connectivity index (χ1n) is 6.16. The monoisotopic (exact) mass is 356 g/mol. The minimum Gasteiger partial charge on any atom is -0.489 e. The third-order valence-electron chi connectivity index (χ3n) is 2.67. The van der Waals surface area contributed by atoms with E-state index < -0.39 is 3.92 Å². The van der Waals surface area contributed by atoms with Crippen molar-refractivity contribution in [2.24, 2.45) is 0 Å². The van der Waals surface area contributed by atoms with Crippen LogP contribution in [0.3, 0.4) is 0 Å². The highest BCUT2D eigenvalue weighted by Gasteiger charge is 2.25. The molecule has 3 nitrogen and oxygen atoms in total. The van der Waals surface area contributed by atoms with Gasteiger partial charge in [0.1, 0.15) is 18.4 Å². The van der Waals surface area contributed by atoms with E-state index in [-0.39, 0.29) is 0 Å². The summed E-state index contributed by atoms with van der Waals surface area (Å²) in [5.41, 5.74) is 1.68. The summed E-state index contributed by atoms with van der Waals surface area (Å²) in [6.07, 6.45) is 4.67. The van der Waals surface area contributed by atoms with Crippen molar-refractivity contribution in [1.29, 1.82) is 5.26 Å². The molecular formula is C15H11Cl2FN2OS. The average molecular weight is 357 g/mol. The van der Waals surface area contributed by atoms with Crippen molar-refractivity contribution in [1.82, 2.24) is 3.97 Å². The van der Waals surface area contributed by atoms with Crippen LogP contribution in [0.1, 0.15) is 5.56 Å². The van der Waals surface area contributed by atoms with Gasteiger partial charge in [0.05, 0.1) is 5.56 Å². The molecule has 0 radical (unpaired) electrons. The van der Waals surface area contributed by atoms with Crippen LogP contribution in [0.25, 0.3) is 11.1 Å². The van der Waals surface area contributed by atoms with Crippen molar-refractivity contribution in [3.63, 3.8) is 0 Å². The van der Waals surface area contributed by atoms with Crippen molar-refractivity contribution in [2.75, 3.05) is 6.61 Å². The molecule has 0 amide bonds. The highest BCUT2D eigenvalue weighted by molar-refractivity contribution is 8.01. The van der Waals surface area contributed by atoms with E-state index in [4.69, 9.17) is 27.9 Å². The number of nitriles is 1. The van der Waals surface area contributed by atoms with Crippen LogP contribution < -0.4 is 4.74 Å². The van der Waals surface area contributed by atoms with E-state index in [0.717, 1.165) is 0 Å². The zero-order valence-corrected chi connectivity index (χ0v) is 13.6. The lowest BCUT2D eigenvalue weighted by atomic mass is 10.0. The van der Waals surface area contributed by atoms with Gasteiger partial charge >= 0.3 is 3.92 Å². The van der Waals surface area contributed by atoms with Gasteiger partial charge < -0.3 is 4.74 Å². The molecule has 0 aliphatic carbocycles. The fourth-order valence-electron chi connectivity index (χ4n) is 1.87. The summed E-state index contributed by atoms with van der Waals surface area (Å²) >= 11 is 11.2. The largest absolute Gasteiger partial charge is 0.489 e. The maximum absolute atomic E-state index is 13.3. The molecule has 1 aromatic carbocycles. The molecule has 0 fully saturated rings. The lowest BCUT2D eigenvalue weighted by Crippen LogP contribution is -1.99. The fraction of sp³-hybridized carbons (Fsp3) is 0.133. The molecule has 0 bridgehead atoms. The third-order valence-corrected chi connectivity index (χ3v) is 3.71. The first-order chi connectivity index (χ1) is 10.4. The molecule has 2 aromatic rings. The van der Waals surface area contributed by atoms with E-state index in [1.165, 1.54) is 10.2 Å². The van der Waals surface area contributed by atoms with Gasteiger partial charge in [0.25, 0.3) is 0 Å². The summed E-state index contributed by atoms with van der Waals surface area (Å²) in [6, 6.07) is 9.31. The number of benzene rings is 1. The molecule has 0 saturated heterocycles. The smallest absolute Gasteiger partial charge is 0.323 e. The van der Waals surface area contributed by atoms with Gasteiger partial charge in [-0.3, -0.25) is 3.97 Å². The molecule has 0 aliphatic heterocycles. The Morgan fingerprint density at radius 3 is 2.73 bits per heavy atom. The van der Waals surface area contributed by atoms with Gasteiger partial charge in [0.15, 0.2) is 0 Å². The van der Waals surface area contributed by atoms with Gasteiger partial charge in [-0.2, -0.15) is 9.65 Å². The Labute approximate surface area is 142 Å². The molecule has 7 heteroatoms. The first kappa shape index (κ1) is 16.8. The van der Waals surface area contributed by atoms with Crippen molar-refractivity contribution in [3.05, 3.63) is 54.9 Å². The normalized spacial score (nSPS) is 11.0. The molecule has 1 heterocycles. The van der Waals surface area contributed by atoms with Gasteiger partial charge in [-0.15, -0.1) is 0 Å². The van der Waals surface area contributed by atoms with E-state index in [1.807, 2.05) is 18.2 Å². The van der Waals surface area contributed by atoms with Gasteiger partial charge in [-0.05, 0) is 6.07 Å². The molecular weight excluding hydrogens is 346 g/mol.